The minimum Gasteiger partial charge on any atom is -0.445 e. The van der Waals surface area contributed by atoms with Crippen LogP contribution in [0.4, 0.5) is 10.5 Å². The van der Waals surface area contributed by atoms with Crippen LogP contribution in [0.5, 0.6) is 0 Å². The SMILES string of the molecule is O=C(NCC(O)C(O)c1ccc([N+](=O)[O-])c(CO)c1)OCc1ccccc1. The summed E-state index contributed by atoms with van der Waals surface area (Å²) < 4.78 is 4.99. The molecule has 0 fully saturated rings. The molecule has 2 rings (SSSR count). The molecule has 2 aromatic rings. The topological polar surface area (TPSA) is 142 Å². The van der Waals surface area contributed by atoms with Crippen molar-refractivity contribution in [2.75, 3.05) is 6.54 Å². The lowest BCUT2D eigenvalue weighted by molar-refractivity contribution is -0.385. The summed E-state index contributed by atoms with van der Waals surface area (Å²) in [4.78, 5) is 21.9. The molecule has 2 atom stereocenters. The molecule has 2 unspecified atom stereocenters. The van der Waals surface area contributed by atoms with Gasteiger partial charge in [0, 0.05) is 12.6 Å². The maximum Gasteiger partial charge on any atom is 0.407 e. The van der Waals surface area contributed by atoms with Gasteiger partial charge in [-0.05, 0) is 23.3 Å². The molecule has 0 bridgehead atoms. The summed E-state index contributed by atoms with van der Waals surface area (Å²) in [6.45, 7) is -0.815. The van der Waals surface area contributed by atoms with E-state index in [4.69, 9.17) is 4.74 Å². The van der Waals surface area contributed by atoms with E-state index in [0.717, 1.165) is 11.6 Å². The summed E-state index contributed by atoms with van der Waals surface area (Å²) in [5.41, 5.74) is 0.705. The zero-order chi connectivity index (χ0) is 19.8. The second-order valence-electron chi connectivity index (χ2n) is 5.76. The van der Waals surface area contributed by atoms with Crippen molar-refractivity contribution in [2.45, 2.75) is 25.4 Å². The second kappa shape index (κ2) is 9.62. The summed E-state index contributed by atoms with van der Waals surface area (Å²) in [5.74, 6) is 0. The Morgan fingerprint density at radius 2 is 1.89 bits per heavy atom. The molecule has 0 aliphatic heterocycles. The monoisotopic (exact) mass is 376 g/mol. The van der Waals surface area contributed by atoms with E-state index in [-0.39, 0.29) is 30.0 Å². The lowest BCUT2D eigenvalue weighted by atomic mass is 10.0. The van der Waals surface area contributed by atoms with Gasteiger partial charge in [-0.25, -0.2) is 4.79 Å². The molecular weight excluding hydrogens is 356 g/mol. The highest BCUT2D eigenvalue weighted by molar-refractivity contribution is 5.67. The van der Waals surface area contributed by atoms with Gasteiger partial charge in [0.25, 0.3) is 5.69 Å². The molecular formula is C18H20N2O7. The molecule has 2 aromatic carbocycles. The molecule has 144 valence electrons. The Morgan fingerprint density at radius 1 is 1.19 bits per heavy atom. The standard InChI is InChI=1S/C18H20N2O7/c21-10-14-8-13(6-7-15(14)20(25)26)17(23)16(22)9-19-18(24)27-11-12-4-2-1-3-5-12/h1-8,16-17,21-23H,9-11H2,(H,19,24). The Labute approximate surface area is 155 Å². The first kappa shape index (κ1) is 20.3. The van der Waals surface area contributed by atoms with Gasteiger partial charge >= 0.3 is 6.09 Å². The fourth-order valence-electron chi connectivity index (χ4n) is 2.39. The molecule has 0 heterocycles. The summed E-state index contributed by atoms with van der Waals surface area (Å²) in [5, 5.41) is 42.6. The molecule has 0 aromatic heterocycles. The van der Waals surface area contributed by atoms with Crippen molar-refractivity contribution in [1.29, 1.82) is 0 Å². The van der Waals surface area contributed by atoms with E-state index < -0.39 is 29.8 Å². The molecule has 0 radical (unpaired) electrons. The number of amides is 1. The third-order valence-corrected chi connectivity index (χ3v) is 3.84. The fraction of sp³-hybridized carbons (Fsp3) is 0.278. The average molecular weight is 376 g/mol. The number of benzene rings is 2. The molecule has 4 N–H and O–H groups in total. The molecule has 9 nitrogen and oxygen atoms in total. The number of nitrogens with zero attached hydrogens (tertiary/aromatic N) is 1. The van der Waals surface area contributed by atoms with Gasteiger partial charge in [0.1, 0.15) is 18.8 Å². The van der Waals surface area contributed by atoms with Gasteiger partial charge < -0.3 is 25.4 Å². The highest BCUT2D eigenvalue weighted by Crippen LogP contribution is 2.25. The van der Waals surface area contributed by atoms with Crippen LogP contribution in [-0.2, 0) is 18.0 Å². The summed E-state index contributed by atoms with van der Waals surface area (Å²) in [6, 6.07) is 12.7. The van der Waals surface area contributed by atoms with Crippen molar-refractivity contribution in [3.05, 3.63) is 75.3 Å². The van der Waals surface area contributed by atoms with E-state index in [0.29, 0.717) is 0 Å². The Bertz CT molecular complexity index is 783. The highest BCUT2D eigenvalue weighted by atomic mass is 16.6. The Kier molecular flexibility index (Phi) is 7.24. The van der Waals surface area contributed by atoms with Gasteiger partial charge in [-0.3, -0.25) is 10.1 Å². The number of hydrogen-bond donors (Lipinski definition) is 4. The largest absolute Gasteiger partial charge is 0.445 e. The smallest absolute Gasteiger partial charge is 0.407 e. The van der Waals surface area contributed by atoms with Crippen LogP contribution >= 0.6 is 0 Å². The van der Waals surface area contributed by atoms with E-state index in [9.17, 15) is 30.2 Å². The van der Waals surface area contributed by atoms with Crippen molar-refractivity contribution in [3.8, 4) is 0 Å². The number of ether oxygens (including phenoxy) is 1. The first-order valence-corrected chi connectivity index (χ1v) is 8.11. The van der Waals surface area contributed by atoms with Crippen LogP contribution in [0.1, 0.15) is 22.8 Å². The highest BCUT2D eigenvalue weighted by Gasteiger charge is 2.22. The number of nitro groups is 1. The van der Waals surface area contributed by atoms with Gasteiger partial charge in [0.2, 0.25) is 0 Å². The van der Waals surface area contributed by atoms with Gasteiger partial charge in [-0.2, -0.15) is 0 Å². The molecule has 0 saturated heterocycles. The number of rotatable bonds is 8. The predicted molar refractivity (Wildman–Crippen MR) is 94.6 cm³/mol. The summed E-state index contributed by atoms with van der Waals surface area (Å²) in [7, 11) is 0. The first-order valence-electron chi connectivity index (χ1n) is 8.11. The minimum absolute atomic E-state index is 0.0129. The van der Waals surface area contributed by atoms with Crippen molar-refractivity contribution in [2.24, 2.45) is 0 Å². The van der Waals surface area contributed by atoms with Crippen LogP contribution in [0.25, 0.3) is 0 Å². The summed E-state index contributed by atoms with van der Waals surface area (Å²) in [6.07, 6.45) is -3.54. The number of aliphatic hydroxyl groups excluding tert-OH is 3. The van der Waals surface area contributed by atoms with Crippen LogP contribution in [0.3, 0.4) is 0 Å². The van der Waals surface area contributed by atoms with Crippen LogP contribution in [0, 0.1) is 10.1 Å². The molecule has 0 spiro atoms. The van der Waals surface area contributed by atoms with Crippen molar-refractivity contribution >= 4 is 11.8 Å². The maximum absolute atomic E-state index is 11.7. The van der Waals surface area contributed by atoms with E-state index in [1.165, 1.54) is 12.1 Å². The quantitative estimate of drug-likeness (QED) is 0.403. The minimum atomic E-state index is -1.41. The molecule has 0 aliphatic rings. The fourth-order valence-corrected chi connectivity index (χ4v) is 2.39. The number of nitro benzene ring substituents is 1. The van der Waals surface area contributed by atoms with Gasteiger partial charge in [0.05, 0.1) is 17.1 Å². The number of aliphatic hydroxyl groups is 3. The summed E-state index contributed by atoms with van der Waals surface area (Å²) >= 11 is 0. The molecule has 9 heteroatoms. The van der Waals surface area contributed by atoms with Crippen LogP contribution in [0.2, 0.25) is 0 Å². The van der Waals surface area contributed by atoms with Crippen LogP contribution in [0.15, 0.2) is 48.5 Å². The second-order valence-corrected chi connectivity index (χ2v) is 5.76. The normalized spacial score (nSPS) is 12.9. The molecule has 0 saturated carbocycles. The number of alkyl carbamates (subject to hydrolysis) is 1. The predicted octanol–water partition coefficient (Wildman–Crippen LogP) is 1.41. The average Bonchev–Trinajstić information content (AvgIpc) is 2.69. The van der Waals surface area contributed by atoms with Crippen molar-refractivity contribution < 1.29 is 29.8 Å². The van der Waals surface area contributed by atoms with Gasteiger partial charge in [-0.1, -0.05) is 30.3 Å². The lowest BCUT2D eigenvalue weighted by Crippen LogP contribution is -2.35. The van der Waals surface area contributed by atoms with E-state index in [1.54, 1.807) is 12.1 Å². The molecule has 27 heavy (non-hydrogen) atoms. The van der Waals surface area contributed by atoms with Crippen LogP contribution in [-0.4, -0.2) is 39.0 Å². The third-order valence-electron chi connectivity index (χ3n) is 3.84. The van der Waals surface area contributed by atoms with E-state index >= 15 is 0 Å². The zero-order valence-corrected chi connectivity index (χ0v) is 14.3. The number of carbonyl (C=O) groups is 1. The maximum atomic E-state index is 11.7. The number of carbonyl (C=O) groups excluding carboxylic acids is 1. The van der Waals surface area contributed by atoms with Crippen molar-refractivity contribution in [3.63, 3.8) is 0 Å². The first-order chi connectivity index (χ1) is 12.9. The van der Waals surface area contributed by atoms with Gasteiger partial charge in [-0.15, -0.1) is 0 Å². The van der Waals surface area contributed by atoms with E-state index in [1.807, 2.05) is 18.2 Å². The zero-order valence-electron chi connectivity index (χ0n) is 14.3. The van der Waals surface area contributed by atoms with Crippen molar-refractivity contribution in [1.82, 2.24) is 5.32 Å². The Morgan fingerprint density at radius 3 is 2.52 bits per heavy atom. The third kappa shape index (κ3) is 5.74. The Hall–Kier alpha value is -3.01. The van der Waals surface area contributed by atoms with Crippen LogP contribution < -0.4 is 5.32 Å². The molecule has 1 amide bonds. The Balaban J connectivity index is 1.88. The number of hydrogen-bond acceptors (Lipinski definition) is 7. The molecule has 0 aliphatic carbocycles. The lowest BCUT2D eigenvalue weighted by Gasteiger charge is -2.19. The van der Waals surface area contributed by atoms with Gasteiger partial charge in [0.15, 0.2) is 0 Å². The van der Waals surface area contributed by atoms with E-state index in [2.05, 4.69) is 5.32 Å². The number of nitrogens with one attached hydrogen (secondary N) is 1.